The van der Waals surface area contributed by atoms with Gasteiger partial charge in [-0.05, 0) is 55.3 Å². The lowest BCUT2D eigenvalue weighted by Gasteiger charge is -2.33. The van der Waals surface area contributed by atoms with Crippen molar-refractivity contribution in [3.8, 4) is 0 Å². The maximum Gasteiger partial charge on any atom is 0.264 e. The standard InChI is InChI=1S/C27H30ClN3O4S/c1-3-25(27(33)29-4-2)30(19-21-11-7-5-8-12-21)26(32)20-31(23-13-9-6-10-14-23)36(34,35)24-17-15-22(28)16-18-24/h5-18,25H,3-4,19-20H2,1-2H3,(H,29,33). The minimum Gasteiger partial charge on any atom is -0.355 e. The van der Waals surface area contributed by atoms with E-state index in [4.69, 9.17) is 11.6 Å². The van der Waals surface area contributed by atoms with Crippen molar-refractivity contribution in [2.24, 2.45) is 0 Å². The molecule has 2 amide bonds. The number of hydrogen-bond donors (Lipinski definition) is 1. The van der Waals surface area contributed by atoms with Crippen molar-refractivity contribution in [3.05, 3.63) is 95.5 Å². The summed E-state index contributed by atoms with van der Waals surface area (Å²) in [6.07, 6.45) is 0.375. The Bertz CT molecular complexity index is 1250. The highest BCUT2D eigenvalue weighted by Crippen LogP contribution is 2.25. The molecule has 3 aromatic carbocycles. The summed E-state index contributed by atoms with van der Waals surface area (Å²) >= 11 is 5.96. The van der Waals surface area contributed by atoms with E-state index in [9.17, 15) is 18.0 Å². The zero-order valence-electron chi connectivity index (χ0n) is 20.3. The molecule has 9 heteroatoms. The molecule has 1 N–H and O–H groups in total. The second kappa shape index (κ2) is 12.6. The maximum absolute atomic E-state index is 13.8. The van der Waals surface area contributed by atoms with Crippen molar-refractivity contribution in [2.75, 3.05) is 17.4 Å². The number of sulfonamides is 1. The zero-order valence-corrected chi connectivity index (χ0v) is 21.9. The molecule has 0 saturated carbocycles. The van der Waals surface area contributed by atoms with Gasteiger partial charge in [-0.1, -0.05) is 67.1 Å². The van der Waals surface area contributed by atoms with E-state index < -0.39 is 28.5 Å². The number of amides is 2. The van der Waals surface area contributed by atoms with E-state index >= 15 is 0 Å². The minimum atomic E-state index is -4.11. The Labute approximate surface area is 217 Å². The molecule has 190 valence electrons. The molecule has 3 rings (SSSR count). The van der Waals surface area contributed by atoms with Gasteiger partial charge in [0.25, 0.3) is 10.0 Å². The Balaban J connectivity index is 2.02. The third kappa shape index (κ3) is 6.65. The highest BCUT2D eigenvalue weighted by Gasteiger charge is 2.33. The second-order valence-electron chi connectivity index (χ2n) is 8.13. The first-order valence-corrected chi connectivity index (χ1v) is 13.5. The van der Waals surface area contributed by atoms with Crippen LogP contribution in [-0.4, -0.2) is 44.3 Å². The topological polar surface area (TPSA) is 86.8 Å². The van der Waals surface area contributed by atoms with Crippen molar-refractivity contribution in [1.29, 1.82) is 0 Å². The monoisotopic (exact) mass is 527 g/mol. The van der Waals surface area contributed by atoms with Gasteiger partial charge in [0.05, 0.1) is 10.6 Å². The van der Waals surface area contributed by atoms with Crippen LogP contribution in [-0.2, 0) is 26.2 Å². The molecular weight excluding hydrogens is 498 g/mol. The first-order valence-electron chi connectivity index (χ1n) is 11.7. The highest BCUT2D eigenvalue weighted by atomic mass is 35.5. The number of halogens is 1. The molecule has 1 unspecified atom stereocenters. The smallest absolute Gasteiger partial charge is 0.264 e. The summed E-state index contributed by atoms with van der Waals surface area (Å²) in [5.41, 5.74) is 1.17. The summed E-state index contributed by atoms with van der Waals surface area (Å²) in [7, 11) is -4.11. The van der Waals surface area contributed by atoms with E-state index in [-0.39, 0.29) is 17.3 Å². The molecule has 0 fully saturated rings. The molecule has 0 spiro atoms. The molecule has 3 aromatic rings. The minimum absolute atomic E-state index is 0.00827. The molecule has 0 bridgehead atoms. The van der Waals surface area contributed by atoms with Gasteiger partial charge in [-0.3, -0.25) is 13.9 Å². The van der Waals surface area contributed by atoms with Gasteiger partial charge in [-0.2, -0.15) is 0 Å². The van der Waals surface area contributed by atoms with E-state index in [0.29, 0.717) is 23.7 Å². The van der Waals surface area contributed by atoms with E-state index in [1.54, 1.807) is 30.3 Å². The summed E-state index contributed by atoms with van der Waals surface area (Å²) < 4.78 is 28.4. The maximum atomic E-state index is 13.8. The largest absolute Gasteiger partial charge is 0.355 e. The number of likely N-dealkylation sites (N-methyl/N-ethyl adjacent to an activating group) is 1. The van der Waals surface area contributed by atoms with E-state index in [0.717, 1.165) is 9.87 Å². The molecule has 36 heavy (non-hydrogen) atoms. The van der Waals surface area contributed by atoms with Gasteiger partial charge >= 0.3 is 0 Å². The van der Waals surface area contributed by atoms with E-state index in [1.807, 2.05) is 44.2 Å². The number of anilines is 1. The van der Waals surface area contributed by atoms with Crippen molar-refractivity contribution >= 4 is 39.1 Å². The Morgan fingerprint density at radius 2 is 1.47 bits per heavy atom. The van der Waals surface area contributed by atoms with Crippen LogP contribution in [0.3, 0.4) is 0 Å². The predicted molar refractivity (Wildman–Crippen MR) is 142 cm³/mol. The Morgan fingerprint density at radius 1 is 0.889 bits per heavy atom. The quantitative estimate of drug-likeness (QED) is 0.398. The number of para-hydroxylation sites is 1. The van der Waals surface area contributed by atoms with Crippen LogP contribution >= 0.6 is 11.6 Å². The van der Waals surface area contributed by atoms with Gasteiger partial charge in [0.2, 0.25) is 11.8 Å². The molecule has 0 aliphatic heterocycles. The number of carbonyl (C=O) groups is 2. The molecule has 0 aliphatic carbocycles. The Morgan fingerprint density at radius 3 is 2.03 bits per heavy atom. The normalized spacial score (nSPS) is 12.0. The average Bonchev–Trinajstić information content (AvgIpc) is 2.88. The number of rotatable bonds is 11. The van der Waals surface area contributed by atoms with Crippen LogP contribution in [0, 0.1) is 0 Å². The van der Waals surface area contributed by atoms with Crippen LogP contribution in [0.1, 0.15) is 25.8 Å². The number of nitrogens with one attached hydrogen (secondary N) is 1. The molecule has 1 atom stereocenters. The summed E-state index contributed by atoms with van der Waals surface area (Å²) in [6.45, 7) is 3.74. The van der Waals surface area contributed by atoms with Crippen LogP contribution in [0.5, 0.6) is 0 Å². The molecule has 0 aromatic heterocycles. The van der Waals surface area contributed by atoms with Gasteiger partial charge < -0.3 is 10.2 Å². The third-order valence-corrected chi connectivity index (χ3v) is 7.70. The molecule has 7 nitrogen and oxygen atoms in total. The average molecular weight is 528 g/mol. The summed E-state index contributed by atoms with van der Waals surface area (Å²) in [6, 6.07) is 22.8. The van der Waals surface area contributed by atoms with Gasteiger partial charge in [0.15, 0.2) is 0 Å². The fourth-order valence-corrected chi connectivity index (χ4v) is 5.39. The van der Waals surface area contributed by atoms with Crippen LogP contribution in [0.15, 0.2) is 89.8 Å². The summed E-state index contributed by atoms with van der Waals surface area (Å²) in [4.78, 5) is 28.1. The summed E-state index contributed by atoms with van der Waals surface area (Å²) in [5.74, 6) is -0.769. The van der Waals surface area contributed by atoms with Gasteiger partial charge in [-0.15, -0.1) is 0 Å². The van der Waals surface area contributed by atoms with Crippen LogP contribution in [0.2, 0.25) is 5.02 Å². The van der Waals surface area contributed by atoms with E-state index in [1.165, 1.54) is 29.2 Å². The molecule has 0 saturated heterocycles. The number of nitrogens with zero attached hydrogens (tertiary/aromatic N) is 2. The molecule has 0 aliphatic rings. The van der Waals surface area contributed by atoms with Gasteiger partial charge in [-0.25, -0.2) is 8.42 Å². The summed E-state index contributed by atoms with van der Waals surface area (Å²) in [5, 5.41) is 3.19. The van der Waals surface area contributed by atoms with Crippen LogP contribution < -0.4 is 9.62 Å². The Hall–Kier alpha value is -3.36. The van der Waals surface area contributed by atoms with Crippen molar-refractivity contribution in [1.82, 2.24) is 10.2 Å². The van der Waals surface area contributed by atoms with Gasteiger partial charge in [0, 0.05) is 18.1 Å². The predicted octanol–water partition coefficient (Wildman–Crippen LogP) is 4.48. The fraction of sp³-hybridized carbons (Fsp3) is 0.259. The third-order valence-electron chi connectivity index (χ3n) is 5.66. The number of hydrogen-bond acceptors (Lipinski definition) is 4. The second-order valence-corrected chi connectivity index (χ2v) is 10.4. The van der Waals surface area contributed by atoms with Crippen molar-refractivity contribution in [3.63, 3.8) is 0 Å². The lowest BCUT2D eigenvalue weighted by molar-refractivity contribution is -0.140. The fourth-order valence-electron chi connectivity index (χ4n) is 3.85. The van der Waals surface area contributed by atoms with Crippen molar-refractivity contribution in [2.45, 2.75) is 37.8 Å². The first kappa shape index (κ1) is 27.2. The SMILES string of the molecule is CCNC(=O)C(CC)N(Cc1ccccc1)C(=O)CN(c1ccccc1)S(=O)(=O)c1ccc(Cl)cc1. The van der Waals surface area contributed by atoms with E-state index in [2.05, 4.69) is 5.32 Å². The Kier molecular flexibility index (Phi) is 9.50. The van der Waals surface area contributed by atoms with Crippen molar-refractivity contribution < 1.29 is 18.0 Å². The van der Waals surface area contributed by atoms with Gasteiger partial charge in [0.1, 0.15) is 12.6 Å². The zero-order chi connectivity index (χ0) is 26.1. The molecule has 0 radical (unpaired) electrons. The van der Waals surface area contributed by atoms with Crippen LogP contribution in [0.25, 0.3) is 0 Å². The number of carbonyl (C=O) groups excluding carboxylic acids is 2. The van der Waals surface area contributed by atoms with Crippen LogP contribution in [0.4, 0.5) is 5.69 Å². The lowest BCUT2D eigenvalue weighted by atomic mass is 10.1. The molecule has 0 heterocycles. The number of benzene rings is 3. The lowest BCUT2D eigenvalue weighted by Crippen LogP contribution is -2.52. The highest BCUT2D eigenvalue weighted by molar-refractivity contribution is 7.92. The first-order chi connectivity index (χ1) is 17.3. The molecular formula is C27H30ClN3O4S.